The average molecular weight is 722 g/mol. The third kappa shape index (κ3) is 4.86. The molecule has 0 unspecified atom stereocenters. The van der Waals surface area contributed by atoms with Crippen LogP contribution < -0.4 is 0 Å². The minimum absolute atomic E-state index is 0.0445. The molecule has 0 aliphatic heterocycles. The van der Waals surface area contributed by atoms with Gasteiger partial charge in [-0.2, -0.15) is 0 Å². The van der Waals surface area contributed by atoms with Crippen molar-refractivity contribution in [2.24, 2.45) is 0 Å². The van der Waals surface area contributed by atoms with Gasteiger partial charge in [0.15, 0.2) is 17.5 Å². The summed E-state index contributed by atoms with van der Waals surface area (Å²) in [5.74, 6) is -0.756. The fourth-order valence-electron chi connectivity index (χ4n) is 7.25. The monoisotopic (exact) mass is 721 g/mol. The predicted molar refractivity (Wildman–Crippen MR) is 226 cm³/mol. The standard InChI is InChI=1S/C49H30N4S/c1-4-15-31(16-5-1)39-30-40-36-22-12-13-24-41(36)53(46(40)37-23-11-10-21-35(37)39)42-25-14-26-43-45(42)38-28-27-34(29-44(38)54-43)49-51-47(32-17-6-2-7-18-32)50-48(52-49)33-19-8-3-9-20-33/h1-30H/i1D,2D,3D,4D,5D,6D,7D,8D,9D,15D,16D,17D,18D,19D,20D. The van der Waals surface area contributed by atoms with Gasteiger partial charge >= 0.3 is 0 Å². The smallest absolute Gasteiger partial charge is 0.164 e. The summed E-state index contributed by atoms with van der Waals surface area (Å²) in [6.07, 6.45) is 0. The number of hydrogen-bond donors (Lipinski definition) is 0. The lowest BCUT2D eigenvalue weighted by molar-refractivity contribution is 1.07. The molecule has 54 heavy (non-hydrogen) atoms. The third-order valence-corrected chi connectivity index (χ3v) is 10.6. The van der Waals surface area contributed by atoms with Gasteiger partial charge in [-0.05, 0) is 46.8 Å². The molecule has 0 amide bonds. The Kier molecular flexibility index (Phi) is 4.39. The van der Waals surface area contributed by atoms with Crippen LogP contribution in [-0.2, 0) is 0 Å². The molecule has 5 heteroatoms. The molecular weight excluding hydrogens is 677 g/mol. The van der Waals surface area contributed by atoms with Crippen molar-refractivity contribution in [3.8, 4) is 51.0 Å². The Hall–Kier alpha value is -6.95. The van der Waals surface area contributed by atoms with Crippen LogP contribution in [0, 0.1) is 0 Å². The van der Waals surface area contributed by atoms with Crippen molar-refractivity contribution in [2.45, 2.75) is 0 Å². The summed E-state index contributed by atoms with van der Waals surface area (Å²) >= 11 is 1.49. The quantitative estimate of drug-likeness (QED) is 0.178. The zero-order chi connectivity index (χ0) is 48.6. The number of fused-ring (bicyclic) bond motifs is 8. The van der Waals surface area contributed by atoms with E-state index in [4.69, 9.17) is 20.6 Å². The number of hydrogen-bond acceptors (Lipinski definition) is 4. The molecular formula is C49H30N4S. The van der Waals surface area contributed by atoms with Crippen molar-refractivity contribution in [1.29, 1.82) is 0 Å². The molecule has 3 heterocycles. The first kappa shape index (κ1) is 19.2. The second kappa shape index (κ2) is 12.3. The van der Waals surface area contributed by atoms with Crippen LogP contribution in [0.3, 0.4) is 0 Å². The summed E-state index contributed by atoms with van der Waals surface area (Å²) in [5.41, 5.74) is 2.86. The zero-order valence-corrected chi connectivity index (χ0v) is 28.7. The Morgan fingerprint density at radius 3 is 1.72 bits per heavy atom. The van der Waals surface area contributed by atoms with Crippen molar-refractivity contribution >= 4 is 64.1 Å². The molecule has 0 bridgehead atoms. The average Bonchev–Trinajstić information content (AvgIpc) is 3.91. The van der Waals surface area contributed by atoms with Crippen LogP contribution in [0.5, 0.6) is 0 Å². The summed E-state index contributed by atoms with van der Waals surface area (Å²) in [7, 11) is 0. The molecule has 0 aliphatic carbocycles. The lowest BCUT2D eigenvalue weighted by Crippen LogP contribution is -2.00. The van der Waals surface area contributed by atoms with Crippen molar-refractivity contribution in [2.75, 3.05) is 0 Å². The first-order chi connectivity index (χ1) is 33.0. The number of benzene rings is 8. The Labute approximate surface area is 336 Å². The Balaban J connectivity index is 1.16. The van der Waals surface area contributed by atoms with Gasteiger partial charge in [-0.3, -0.25) is 0 Å². The van der Waals surface area contributed by atoms with E-state index in [0.717, 1.165) is 53.1 Å². The third-order valence-electron chi connectivity index (χ3n) is 9.50. The largest absolute Gasteiger partial charge is 0.308 e. The summed E-state index contributed by atoms with van der Waals surface area (Å²) in [5, 5.41) is 4.94. The van der Waals surface area contributed by atoms with Gasteiger partial charge < -0.3 is 4.57 Å². The molecule has 0 radical (unpaired) electrons. The van der Waals surface area contributed by atoms with E-state index in [9.17, 15) is 0 Å². The van der Waals surface area contributed by atoms with E-state index in [1.807, 2.05) is 84.9 Å². The van der Waals surface area contributed by atoms with Crippen LogP contribution in [0.1, 0.15) is 20.6 Å². The molecule has 0 spiro atoms. The summed E-state index contributed by atoms with van der Waals surface area (Å²) in [4.78, 5) is 13.7. The van der Waals surface area contributed by atoms with Crippen LogP contribution >= 0.6 is 11.3 Å². The number of para-hydroxylation sites is 1. The Morgan fingerprint density at radius 2 is 1.04 bits per heavy atom. The van der Waals surface area contributed by atoms with E-state index in [-0.39, 0.29) is 46.2 Å². The molecule has 8 aromatic carbocycles. The summed E-state index contributed by atoms with van der Waals surface area (Å²) in [6.45, 7) is 0. The number of nitrogens with zero attached hydrogens (tertiary/aromatic N) is 4. The van der Waals surface area contributed by atoms with Gasteiger partial charge in [0.25, 0.3) is 0 Å². The van der Waals surface area contributed by atoms with Gasteiger partial charge in [0.05, 0.1) is 37.3 Å². The van der Waals surface area contributed by atoms with Crippen LogP contribution in [0.2, 0.25) is 0 Å². The zero-order valence-electron chi connectivity index (χ0n) is 42.9. The molecule has 252 valence electrons. The first-order valence-electron chi connectivity index (χ1n) is 24.4. The van der Waals surface area contributed by atoms with E-state index >= 15 is 0 Å². The minimum Gasteiger partial charge on any atom is -0.308 e. The van der Waals surface area contributed by atoms with Crippen molar-refractivity contribution in [1.82, 2.24) is 19.5 Å². The maximum absolute atomic E-state index is 8.90. The van der Waals surface area contributed by atoms with E-state index in [2.05, 4.69) is 19.5 Å². The minimum atomic E-state index is -0.634. The second-order valence-electron chi connectivity index (χ2n) is 12.5. The van der Waals surface area contributed by atoms with E-state index < -0.39 is 78.6 Å². The molecule has 0 saturated heterocycles. The topological polar surface area (TPSA) is 43.6 Å². The van der Waals surface area contributed by atoms with Crippen LogP contribution in [0.4, 0.5) is 0 Å². The highest BCUT2D eigenvalue weighted by atomic mass is 32.1. The van der Waals surface area contributed by atoms with E-state index in [1.165, 1.54) is 11.3 Å². The molecule has 0 saturated carbocycles. The van der Waals surface area contributed by atoms with E-state index in [0.29, 0.717) is 16.5 Å². The van der Waals surface area contributed by atoms with Crippen LogP contribution in [0.15, 0.2) is 182 Å². The molecule has 0 atom stereocenters. The molecule has 11 rings (SSSR count). The van der Waals surface area contributed by atoms with E-state index in [1.54, 1.807) is 6.07 Å². The molecule has 0 fully saturated rings. The van der Waals surface area contributed by atoms with Gasteiger partial charge in [0.2, 0.25) is 0 Å². The SMILES string of the molecule is [2H]c1c([2H])c([2H])c(-c2nc(-c3ccc4c(c3)sc3cccc(-n5c6ccccc6c6cc(-c7c([2H])c([2H])c([2H])c([2H])c7[2H])c7ccccc7c65)c34)nc(-c3c([2H])c([2H])c([2H])c([2H])c3[2H])n2)c([2H])c1[2H]. The van der Waals surface area contributed by atoms with Crippen molar-refractivity contribution in [3.05, 3.63) is 182 Å². The second-order valence-corrected chi connectivity index (χ2v) is 13.6. The number of rotatable bonds is 5. The maximum Gasteiger partial charge on any atom is 0.164 e. The molecule has 4 nitrogen and oxygen atoms in total. The normalized spacial score (nSPS) is 15.6. The Morgan fingerprint density at radius 1 is 0.444 bits per heavy atom. The summed E-state index contributed by atoms with van der Waals surface area (Å²) in [6, 6.07) is 20.8. The van der Waals surface area contributed by atoms with Gasteiger partial charge in [-0.15, -0.1) is 11.3 Å². The highest BCUT2D eigenvalue weighted by Gasteiger charge is 2.21. The molecule has 3 aromatic heterocycles. The van der Waals surface area contributed by atoms with Crippen molar-refractivity contribution < 1.29 is 20.6 Å². The highest BCUT2D eigenvalue weighted by molar-refractivity contribution is 7.26. The van der Waals surface area contributed by atoms with Crippen LogP contribution in [-0.4, -0.2) is 19.5 Å². The van der Waals surface area contributed by atoms with Crippen LogP contribution in [0.25, 0.3) is 104 Å². The van der Waals surface area contributed by atoms with Gasteiger partial charge in [0.1, 0.15) is 0 Å². The first-order valence-corrected chi connectivity index (χ1v) is 17.7. The molecule has 11 aromatic rings. The highest BCUT2D eigenvalue weighted by Crippen LogP contribution is 2.45. The number of aromatic nitrogens is 4. The van der Waals surface area contributed by atoms with Gasteiger partial charge in [-0.1, -0.05) is 151 Å². The molecule has 0 N–H and O–H groups in total. The van der Waals surface area contributed by atoms with Gasteiger partial charge in [0, 0.05) is 53.0 Å². The van der Waals surface area contributed by atoms with Gasteiger partial charge in [-0.25, -0.2) is 15.0 Å². The Bertz CT molecular complexity index is 3940. The van der Waals surface area contributed by atoms with Crippen molar-refractivity contribution in [3.63, 3.8) is 0 Å². The lowest BCUT2D eigenvalue weighted by atomic mass is 9.95. The maximum atomic E-state index is 8.90. The molecule has 0 aliphatic rings. The fourth-order valence-corrected chi connectivity index (χ4v) is 8.42. The lowest BCUT2D eigenvalue weighted by Gasteiger charge is -2.14. The predicted octanol–water partition coefficient (Wildman–Crippen LogP) is 13.2. The fraction of sp³-hybridized carbons (Fsp3) is 0. The summed E-state index contributed by atoms with van der Waals surface area (Å²) < 4.78 is 131. The number of thiophene rings is 1.